The van der Waals surface area contributed by atoms with Gasteiger partial charge in [0.05, 0.1) is 7.11 Å². The third-order valence-corrected chi connectivity index (χ3v) is 4.39. The van der Waals surface area contributed by atoms with Gasteiger partial charge in [0.15, 0.2) is 5.82 Å². The molecule has 1 atom stereocenters. The normalized spacial score (nSPS) is 18.6. The monoisotopic (exact) mass is 345 g/mol. The van der Waals surface area contributed by atoms with Crippen LogP contribution in [0.15, 0.2) is 35.4 Å². The van der Waals surface area contributed by atoms with Crippen molar-refractivity contribution in [1.82, 2.24) is 9.55 Å². The van der Waals surface area contributed by atoms with Crippen molar-refractivity contribution in [3.05, 3.63) is 52.1 Å². The molecule has 2 aromatic rings. The maximum absolute atomic E-state index is 12.2. The molecule has 0 radical (unpaired) electrons. The van der Waals surface area contributed by atoms with Crippen molar-refractivity contribution < 1.29 is 19.7 Å². The summed E-state index contributed by atoms with van der Waals surface area (Å²) in [6.07, 6.45) is 3.88. The van der Waals surface area contributed by atoms with Crippen molar-refractivity contribution in [3.8, 4) is 5.75 Å². The lowest BCUT2D eigenvalue weighted by Gasteiger charge is -2.24. The molecule has 8 heteroatoms. The van der Waals surface area contributed by atoms with Gasteiger partial charge in [-0.2, -0.15) is 0 Å². The SMILES string of the molecule is COc1ccc2c(c1)CCC2(O)CNc1nccn(CC(=O)O)c1=O. The van der Waals surface area contributed by atoms with Gasteiger partial charge in [-0.15, -0.1) is 0 Å². The smallest absolute Gasteiger partial charge is 0.323 e. The second kappa shape index (κ2) is 6.56. The molecule has 0 saturated heterocycles. The molecule has 1 aliphatic rings. The highest BCUT2D eigenvalue weighted by molar-refractivity contribution is 5.66. The number of nitrogens with one attached hydrogen (secondary N) is 1. The summed E-state index contributed by atoms with van der Waals surface area (Å²) in [4.78, 5) is 27.0. The standard InChI is InChI=1S/C17H19N3O5/c1-25-12-2-3-13-11(8-12)4-5-17(13,24)10-19-15-16(23)20(7-6-18-15)9-14(21)22/h2-3,6-8,24H,4-5,9-10H2,1H3,(H,18,19)(H,21,22). The number of ether oxygens (including phenoxy) is 1. The molecule has 1 unspecified atom stereocenters. The molecular weight excluding hydrogens is 326 g/mol. The number of aliphatic carboxylic acids is 1. The Morgan fingerprint density at radius 1 is 1.48 bits per heavy atom. The molecule has 1 aliphatic carbocycles. The number of carboxylic acids is 1. The maximum atomic E-state index is 12.2. The van der Waals surface area contributed by atoms with Gasteiger partial charge >= 0.3 is 5.97 Å². The van der Waals surface area contributed by atoms with Crippen molar-refractivity contribution >= 4 is 11.8 Å². The Morgan fingerprint density at radius 3 is 3.00 bits per heavy atom. The molecule has 3 N–H and O–H groups in total. The fourth-order valence-electron chi connectivity index (χ4n) is 3.09. The van der Waals surface area contributed by atoms with Crippen LogP contribution in [0.1, 0.15) is 17.5 Å². The minimum atomic E-state index is -1.12. The molecule has 0 saturated carbocycles. The summed E-state index contributed by atoms with van der Waals surface area (Å²) >= 11 is 0. The first kappa shape index (κ1) is 17.0. The Labute approximate surface area is 143 Å². The van der Waals surface area contributed by atoms with Crippen molar-refractivity contribution in [2.24, 2.45) is 0 Å². The Morgan fingerprint density at radius 2 is 2.28 bits per heavy atom. The summed E-state index contributed by atoms with van der Waals surface area (Å²) in [7, 11) is 1.59. The average molecular weight is 345 g/mol. The van der Waals surface area contributed by atoms with Gasteiger partial charge in [0, 0.05) is 18.9 Å². The lowest BCUT2D eigenvalue weighted by atomic mass is 9.96. The number of carbonyl (C=O) groups is 1. The van der Waals surface area contributed by atoms with E-state index in [9.17, 15) is 14.7 Å². The van der Waals surface area contributed by atoms with E-state index in [1.165, 1.54) is 12.4 Å². The van der Waals surface area contributed by atoms with E-state index in [4.69, 9.17) is 9.84 Å². The minimum absolute atomic E-state index is 0.0131. The third-order valence-electron chi connectivity index (χ3n) is 4.39. The molecule has 25 heavy (non-hydrogen) atoms. The van der Waals surface area contributed by atoms with Crippen molar-refractivity contribution in [1.29, 1.82) is 0 Å². The number of aliphatic hydroxyl groups is 1. The highest BCUT2D eigenvalue weighted by Crippen LogP contribution is 2.38. The van der Waals surface area contributed by atoms with Crippen LogP contribution in [0, 0.1) is 0 Å². The summed E-state index contributed by atoms with van der Waals surface area (Å²) in [6, 6.07) is 5.51. The first-order valence-corrected chi connectivity index (χ1v) is 7.84. The molecule has 0 aliphatic heterocycles. The van der Waals surface area contributed by atoms with Gasteiger partial charge in [0.25, 0.3) is 5.56 Å². The van der Waals surface area contributed by atoms with Crippen LogP contribution in [0.3, 0.4) is 0 Å². The van der Waals surface area contributed by atoms with Crippen LogP contribution in [0.25, 0.3) is 0 Å². The summed E-state index contributed by atoms with van der Waals surface area (Å²) in [5.41, 5.74) is 0.139. The molecule has 0 amide bonds. The van der Waals surface area contributed by atoms with Crippen LogP contribution in [-0.2, 0) is 23.4 Å². The lowest BCUT2D eigenvalue weighted by Crippen LogP contribution is -2.35. The van der Waals surface area contributed by atoms with Crippen LogP contribution in [0.2, 0.25) is 0 Å². The summed E-state index contributed by atoms with van der Waals surface area (Å²) < 4.78 is 6.25. The van der Waals surface area contributed by atoms with Gasteiger partial charge in [0.1, 0.15) is 17.9 Å². The zero-order valence-electron chi connectivity index (χ0n) is 13.7. The molecule has 3 rings (SSSR count). The van der Waals surface area contributed by atoms with Crippen molar-refractivity contribution in [2.45, 2.75) is 25.0 Å². The van der Waals surface area contributed by atoms with Gasteiger partial charge < -0.3 is 20.3 Å². The molecule has 0 fully saturated rings. The first-order valence-electron chi connectivity index (χ1n) is 7.84. The van der Waals surface area contributed by atoms with E-state index >= 15 is 0 Å². The van der Waals surface area contributed by atoms with Crippen LogP contribution in [0.4, 0.5) is 5.82 Å². The van der Waals surface area contributed by atoms with E-state index in [2.05, 4.69) is 10.3 Å². The Kier molecular flexibility index (Phi) is 4.45. The molecule has 1 aromatic heterocycles. The van der Waals surface area contributed by atoms with E-state index in [0.717, 1.165) is 21.4 Å². The third kappa shape index (κ3) is 3.34. The van der Waals surface area contributed by atoms with E-state index in [1.807, 2.05) is 12.1 Å². The number of benzene rings is 1. The van der Waals surface area contributed by atoms with Gasteiger partial charge in [0.2, 0.25) is 0 Å². The largest absolute Gasteiger partial charge is 0.497 e. The second-order valence-electron chi connectivity index (χ2n) is 6.01. The fourth-order valence-corrected chi connectivity index (χ4v) is 3.09. The lowest BCUT2D eigenvalue weighted by molar-refractivity contribution is -0.137. The van der Waals surface area contributed by atoms with E-state index in [-0.39, 0.29) is 12.4 Å². The number of hydrogen-bond acceptors (Lipinski definition) is 6. The van der Waals surface area contributed by atoms with E-state index < -0.39 is 23.7 Å². The molecule has 1 aromatic carbocycles. The van der Waals surface area contributed by atoms with E-state index in [0.29, 0.717) is 12.8 Å². The maximum Gasteiger partial charge on any atom is 0.323 e. The molecule has 8 nitrogen and oxygen atoms in total. The number of anilines is 1. The summed E-state index contributed by atoms with van der Waals surface area (Å²) in [5.74, 6) is -0.368. The molecular formula is C17H19N3O5. The topological polar surface area (TPSA) is 114 Å². The number of hydrogen-bond donors (Lipinski definition) is 3. The predicted molar refractivity (Wildman–Crippen MR) is 89.8 cm³/mol. The van der Waals surface area contributed by atoms with Gasteiger partial charge in [-0.05, 0) is 36.1 Å². The average Bonchev–Trinajstić information content (AvgIpc) is 2.92. The van der Waals surface area contributed by atoms with Crippen LogP contribution < -0.4 is 15.6 Å². The zero-order valence-corrected chi connectivity index (χ0v) is 13.7. The van der Waals surface area contributed by atoms with Gasteiger partial charge in [-0.3, -0.25) is 14.2 Å². The molecule has 0 spiro atoms. The molecule has 1 heterocycles. The predicted octanol–water partition coefficient (Wildman–Crippen LogP) is 0.582. The van der Waals surface area contributed by atoms with Crippen molar-refractivity contribution in [3.63, 3.8) is 0 Å². The number of aromatic nitrogens is 2. The Bertz CT molecular complexity index is 864. The van der Waals surface area contributed by atoms with Gasteiger partial charge in [-0.25, -0.2) is 4.98 Å². The number of fused-ring (bicyclic) bond motifs is 1. The van der Waals surface area contributed by atoms with Crippen LogP contribution in [-0.4, -0.2) is 39.4 Å². The molecule has 132 valence electrons. The minimum Gasteiger partial charge on any atom is -0.497 e. The highest BCUT2D eigenvalue weighted by Gasteiger charge is 2.37. The number of rotatable bonds is 6. The highest BCUT2D eigenvalue weighted by atomic mass is 16.5. The van der Waals surface area contributed by atoms with Crippen LogP contribution in [0.5, 0.6) is 5.75 Å². The number of methoxy groups -OCH3 is 1. The molecule has 0 bridgehead atoms. The second-order valence-corrected chi connectivity index (χ2v) is 6.01. The quantitative estimate of drug-likeness (QED) is 0.702. The Hall–Kier alpha value is -2.87. The summed E-state index contributed by atoms with van der Waals surface area (Å²) in [6.45, 7) is -0.339. The van der Waals surface area contributed by atoms with E-state index in [1.54, 1.807) is 13.2 Å². The summed E-state index contributed by atoms with van der Waals surface area (Å²) in [5, 5.41) is 22.6. The first-order chi connectivity index (χ1) is 11.9. The van der Waals surface area contributed by atoms with Gasteiger partial charge in [-0.1, -0.05) is 6.07 Å². The van der Waals surface area contributed by atoms with Crippen LogP contribution >= 0.6 is 0 Å². The zero-order chi connectivity index (χ0) is 18.0. The number of nitrogens with zero attached hydrogens (tertiary/aromatic N) is 2. The number of carboxylic acid groups (broad SMARTS) is 1. The number of aryl methyl sites for hydroxylation is 1. The fraction of sp³-hybridized carbons (Fsp3) is 0.353. The van der Waals surface area contributed by atoms with Crippen molar-refractivity contribution in [2.75, 3.05) is 19.0 Å². The Balaban J connectivity index is 1.79.